The van der Waals surface area contributed by atoms with Crippen molar-refractivity contribution in [3.63, 3.8) is 0 Å². The van der Waals surface area contributed by atoms with Crippen LogP contribution < -0.4 is 4.74 Å². The maximum absolute atomic E-state index is 10.4. The normalized spacial score (nSPS) is 11.1. The maximum Gasteiger partial charge on any atom is 0.328 e. The smallest absolute Gasteiger partial charge is 0.328 e. The molecule has 0 aliphatic rings. The highest BCUT2D eigenvalue weighted by Gasteiger charge is 1.98. The van der Waals surface area contributed by atoms with E-state index in [-0.39, 0.29) is 0 Å². The summed E-state index contributed by atoms with van der Waals surface area (Å²) in [5, 5.41) is 8.54. The zero-order chi connectivity index (χ0) is 10.6. The summed E-state index contributed by atoms with van der Waals surface area (Å²) >= 11 is 0. The Bertz CT molecular complexity index is 349. The molecule has 3 heteroatoms. The van der Waals surface area contributed by atoms with Crippen molar-refractivity contribution in [3.05, 3.63) is 35.9 Å². The van der Waals surface area contributed by atoms with E-state index in [0.29, 0.717) is 0 Å². The minimum absolute atomic E-state index is 0.722. The lowest BCUT2D eigenvalue weighted by Gasteiger charge is -2.02. The summed E-state index contributed by atoms with van der Waals surface area (Å²) in [5.74, 6) is -0.171. The van der Waals surface area contributed by atoms with Gasteiger partial charge < -0.3 is 9.84 Å². The predicted octanol–water partition coefficient (Wildman–Crippen LogP) is 2.18. The van der Waals surface area contributed by atoms with Crippen molar-refractivity contribution in [2.75, 3.05) is 7.11 Å². The minimum Gasteiger partial charge on any atom is -0.497 e. The summed E-state index contributed by atoms with van der Waals surface area (Å²) in [6, 6.07) is 7.25. The van der Waals surface area contributed by atoms with Crippen molar-refractivity contribution in [2.45, 2.75) is 6.92 Å². The van der Waals surface area contributed by atoms with Gasteiger partial charge in [0, 0.05) is 6.08 Å². The Morgan fingerprint density at radius 3 is 2.36 bits per heavy atom. The van der Waals surface area contributed by atoms with Crippen molar-refractivity contribution < 1.29 is 14.6 Å². The van der Waals surface area contributed by atoms with Crippen molar-refractivity contribution in [3.8, 4) is 5.75 Å². The lowest BCUT2D eigenvalue weighted by atomic mass is 10.1. The summed E-state index contributed by atoms with van der Waals surface area (Å²) in [4.78, 5) is 10.4. The number of carbonyl (C=O) groups is 1. The molecule has 14 heavy (non-hydrogen) atoms. The van der Waals surface area contributed by atoms with Crippen LogP contribution in [0.4, 0.5) is 0 Å². The van der Waals surface area contributed by atoms with Gasteiger partial charge in [-0.05, 0) is 30.2 Å². The Hall–Kier alpha value is -1.77. The fraction of sp³-hybridized carbons (Fsp3) is 0.182. The molecular weight excluding hydrogens is 180 g/mol. The molecule has 1 rings (SSSR count). The fourth-order valence-corrected chi connectivity index (χ4v) is 1.12. The fourth-order valence-electron chi connectivity index (χ4n) is 1.12. The van der Waals surface area contributed by atoms with Gasteiger partial charge in [-0.2, -0.15) is 0 Å². The number of allylic oxidation sites excluding steroid dienone is 1. The van der Waals surface area contributed by atoms with Gasteiger partial charge in [-0.1, -0.05) is 12.1 Å². The first-order valence-electron chi connectivity index (χ1n) is 4.19. The van der Waals surface area contributed by atoms with Crippen LogP contribution in [-0.4, -0.2) is 18.2 Å². The topological polar surface area (TPSA) is 46.5 Å². The van der Waals surface area contributed by atoms with Crippen LogP contribution in [0.1, 0.15) is 12.5 Å². The standard InChI is InChI=1S/C11H12O3/c1-8(7-11(12)13)9-3-5-10(14-2)6-4-9/h3-7H,1-2H3,(H,12,13)/b8-7-. The molecule has 0 aliphatic heterocycles. The molecule has 0 radical (unpaired) electrons. The second-order valence-electron chi connectivity index (χ2n) is 2.89. The third-order valence-corrected chi connectivity index (χ3v) is 1.89. The van der Waals surface area contributed by atoms with Crippen LogP contribution in [0.3, 0.4) is 0 Å². The van der Waals surface area contributed by atoms with Gasteiger partial charge >= 0.3 is 5.97 Å². The maximum atomic E-state index is 10.4. The van der Waals surface area contributed by atoms with Crippen LogP contribution >= 0.6 is 0 Å². The molecule has 0 aromatic heterocycles. The van der Waals surface area contributed by atoms with Crippen LogP contribution in [0.15, 0.2) is 30.3 Å². The van der Waals surface area contributed by atoms with Crippen LogP contribution in [-0.2, 0) is 4.79 Å². The number of hydrogen-bond acceptors (Lipinski definition) is 2. The summed E-state index contributed by atoms with van der Waals surface area (Å²) in [6.45, 7) is 1.76. The summed E-state index contributed by atoms with van der Waals surface area (Å²) in [5.41, 5.74) is 1.60. The molecule has 0 aliphatic carbocycles. The molecule has 1 aromatic rings. The average Bonchev–Trinajstić information content (AvgIpc) is 2.17. The lowest BCUT2D eigenvalue weighted by molar-refractivity contribution is -0.131. The van der Waals surface area contributed by atoms with Crippen LogP contribution in [0.25, 0.3) is 5.57 Å². The van der Waals surface area contributed by atoms with Crippen molar-refractivity contribution >= 4 is 11.5 Å². The molecule has 0 unspecified atom stereocenters. The molecule has 0 amide bonds. The molecule has 0 saturated carbocycles. The molecule has 0 spiro atoms. The molecule has 0 bridgehead atoms. The first-order chi connectivity index (χ1) is 6.63. The first kappa shape index (κ1) is 10.3. The van der Waals surface area contributed by atoms with E-state index in [4.69, 9.17) is 9.84 Å². The van der Waals surface area contributed by atoms with Crippen LogP contribution in [0.2, 0.25) is 0 Å². The lowest BCUT2D eigenvalue weighted by Crippen LogP contribution is -1.90. The minimum atomic E-state index is -0.932. The number of carboxylic acids is 1. The van der Waals surface area contributed by atoms with Gasteiger partial charge in [0.05, 0.1) is 7.11 Å². The second-order valence-corrected chi connectivity index (χ2v) is 2.89. The van der Waals surface area contributed by atoms with Crippen LogP contribution in [0.5, 0.6) is 5.75 Å². The average molecular weight is 192 g/mol. The number of rotatable bonds is 3. The number of benzene rings is 1. The number of methoxy groups -OCH3 is 1. The van der Waals surface area contributed by atoms with Crippen molar-refractivity contribution in [1.82, 2.24) is 0 Å². The molecule has 74 valence electrons. The van der Waals surface area contributed by atoms with E-state index in [0.717, 1.165) is 16.9 Å². The zero-order valence-electron chi connectivity index (χ0n) is 8.15. The molecule has 0 atom stereocenters. The van der Waals surface area contributed by atoms with E-state index in [1.54, 1.807) is 26.2 Å². The van der Waals surface area contributed by atoms with E-state index in [2.05, 4.69) is 0 Å². The molecule has 1 N–H and O–H groups in total. The third-order valence-electron chi connectivity index (χ3n) is 1.89. The largest absolute Gasteiger partial charge is 0.497 e. The third kappa shape index (κ3) is 2.62. The second kappa shape index (κ2) is 4.46. The van der Waals surface area contributed by atoms with E-state index < -0.39 is 5.97 Å². The number of carboxylic acid groups (broad SMARTS) is 1. The highest BCUT2D eigenvalue weighted by atomic mass is 16.5. The van der Waals surface area contributed by atoms with Gasteiger partial charge in [-0.15, -0.1) is 0 Å². The van der Waals surface area contributed by atoms with Crippen molar-refractivity contribution in [1.29, 1.82) is 0 Å². The Kier molecular flexibility index (Phi) is 3.29. The van der Waals surface area contributed by atoms with Gasteiger partial charge in [0.25, 0.3) is 0 Å². The Labute approximate surface area is 82.6 Å². The summed E-state index contributed by atoms with van der Waals surface area (Å²) < 4.78 is 4.99. The summed E-state index contributed by atoms with van der Waals surface area (Å²) in [6.07, 6.45) is 1.18. The predicted molar refractivity (Wildman–Crippen MR) is 54.3 cm³/mol. The number of hydrogen-bond donors (Lipinski definition) is 1. The van der Waals surface area contributed by atoms with E-state index in [1.807, 2.05) is 12.1 Å². The van der Waals surface area contributed by atoms with Gasteiger partial charge in [-0.25, -0.2) is 4.79 Å². The first-order valence-corrected chi connectivity index (χ1v) is 4.19. The Morgan fingerprint density at radius 1 is 1.36 bits per heavy atom. The van der Waals surface area contributed by atoms with Crippen LogP contribution in [0, 0.1) is 0 Å². The molecule has 3 nitrogen and oxygen atoms in total. The quantitative estimate of drug-likeness (QED) is 0.746. The van der Waals surface area contributed by atoms with E-state index >= 15 is 0 Å². The van der Waals surface area contributed by atoms with Gasteiger partial charge in [0.15, 0.2) is 0 Å². The Morgan fingerprint density at radius 2 is 1.93 bits per heavy atom. The Balaban J connectivity index is 2.92. The highest BCUT2D eigenvalue weighted by Crippen LogP contribution is 2.17. The summed E-state index contributed by atoms with van der Waals surface area (Å²) in [7, 11) is 1.59. The molecule has 0 heterocycles. The van der Waals surface area contributed by atoms with Gasteiger partial charge in [-0.3, -0.25) is 0 Å². The molecule has 0 fully saturated rings. The van der Waals surface area contributed by atoms with E-state index in [9.17, 15) is 4.79 Å². The van der Waals surface area contributed by atoms with Gasteiger partial charge in [0.1, 0.15) is 5.75 Å². The van der Waals surface area contributed by atoms with Crippen molar-refractivity contribution in [2.24, 2.45) is 0 Å². The van der Waals surface area contributed by atoms with Gasteiger partial charge in [0.2, 0.25) is 0 Å². The molecule has 1 aromatic carbocycles. The van der Waals surface area contributed by atoms with E-state index in [1.165, 1.54) is 6.08 Å². The highest BCUT2D eigenvalue weighted by molar-refractivity contribution is 5.89. The SMILES string of the molecule is COc1ccc(/C(C)=C\C(=O)O)cc1. The molecular formula is C11H12O3. The number of ether oxygens (including phenoxy) is 1. The molecule has 0 saturated heterocycles. The number of aliphatic carboxylic acids is 1. The zero-order valence-corrected chi connectivity index (χ0v) is 8.15. The monoisotopic (exact) mass is 192 g/mol.